The summed E-state index contributed by atoms with van der Waals surface area (Å²) in [5.41, 5.74) is -0.800. The topological polar surface area (TPSA) is 9.23 Å². The summed E-state index contributed by atoms with van der Waals surface area (Å²) in [6.07, 6.45) is 2.16. The van der Waals surface area contributed by atoms with Crippen molar-refractivity contribution in [2.45, 2.75) is 44.7 Å². The summed E-state index contributed by atoms with van der Waals surface area (Å²) in [6, 6.07) is 5.42. The summed E-state index contributed by atoms with van der Waals surface area (Å²) < 4.78 is 44.5. The summed E-state index contributed by atoms with van der Waals surface area (Å²) in [6.45, 7) is 0.309. The zero-order valence-electron chi connectivity index (χ0n) is 12.0. The molecule has 1 nitrogen and oxygen atoms in total. The number of halogens is 3. The van der Waals surface area contributed by atoms with E-state index in [0.717, 1.165) is 31.7 Å². The molecule has 1 aromatic carbocycles. The molecule has 118 valence electrons. The number of hydrogen-bond donors (Lipinski definition) is 1. The maximum Gasteiger partial charge on any atom is 0.419 e. The van der Waals surface area contributed by atoms with Crippen LogP contribution in [-0.2, 0) is 6.18 Å². The van der Waals surface area contributed by atoms with E-state index in [-0.39, 0.29) is 11.2 Å². The van der Waals surface area contributed by atoms with E-state index in [0.29, 0.717) is 12.4 Å². The summed E-state index contributed by atoms with van der Waals surface area (Å²) in [5.74, 6) is 0.580. The van der Waals surface area contributed by atoms with Crippen LogP contribution >= 0.6 is 12.6 Å². The SMILES string of the molecule is FC(F)(F)c1ccccc1OCC1(CS)CCCCCC1. The van der Waals surface area contributed by atoms with Crippen LogP contribution < -0.4 is 4.74 Å². The van der Waals surface area contributed by atoms with Crippen molar-refractivity contribution in [2.75, 3.05) is 12.4 Å². The molecule has 0 spiro atoms. The van der Waals surface area contributed by atoms with Gasteiger partial charge in [-0.2, -0.15) is 25.8 Å². The lowest BCUT2D eigenvalue weighted by molar-refractivity contribution is -0.139. The fourth-order valence-corrected chi connectivity index (χ4v) is 3.29. The maximum absolute atomic E-state index is 13.0. The average Bonchev–Trinajstić information content (AvgIpc) is 2.71. The van der Waals surface area contributed by atoms with Crippen molar-refractivity contribution in [1.82, 2.24) is 0 Å². The number of rotatable bonds is 4. The third kappa shape index (κ3) is 4.31. The monoisotopic (exact) mass is 318 g/mol. The predicted molar refractivity (Wildman–Crippen MR) is 80.9 cm³/mol. The molecule has 0 heterocycles. The normalized spacial score (nSPS) is 19.0. The number of para-hydroxylation sites is 1. The van der Waals surface area contributed by atoms with Gasteiger partial charge in [0.05, 0.1) is 12.2 Å². The van der Waals surface area contributed by atoms with Gasteiger partial charge in [0.15, 0.2) is 0 Å². The van der Waals surface area contributed by atoms with Gasteiger partial charge in [-0.25, -0.2) is 0 Å². The summed E-state index contributed by atoms with van der Waals surface area (Å²) in [7, 11) is 0. The first-order valence-corrected chi connectivity index (χ1v) is 8.00. The van der Waals surface area contributed by atoms with Gasteiger partial charge in [-0.05, 0) is 30.7 Å². The van der Waals surface area contributed by atoms with E-state index >= 15 is 0 Å². The van der Waals surface area contributed by atoms with E-state index in [9.17, 15) is 13.2 Å². The summed E-state index contributed by atoms with van der Waals surface area (Å²) in [5, 5.41) is 0. The molecule has 0 N–H and O–H groups in total. The maximum atomic E-state index is 13.0. The Morgan fingerprint density at radius 2 is 1.67 bits per heavy atom. The minimum absolute atomic E-state index is 0.0737. The molecule has 21 heavy (non-hydrogen) atoms. The van der Waals surface area contributed by atoms with E-state index in [1.807, 2.05) is 0 Å². The molecule has 0 amide bonds. The molecule has 1 aliphatic rings. The number of thiol groups is 1. The van der Waals surface area contributed by atoms with Crippen LogP contribution in [0, 0.1) is 5.41 Å². The number of hydrogen-bond acceptors (Lipinski definition) is 2. The first-order chi connectivity index (χ1) is 9.97. The molecular weight excluding hydrogens is 297 g/mol. The minimum Gasteiger partial charge on any atom is -0.492 e. The van der Waals surface area contributed by atoms with E-state index < -0.39 is 11.7 Å². The Morgan fingerprint density at radius 1 is 1.05 bits per heavy atom. The Hall–Kier alpha value is -0.840. The van der Waals surface area contributed by atoms with Crippen LogP contribution in [0.4, 0.5) is 13.2 Å². The van der Waals surface area contributed by atoms with Gasteiger partial charge in [0, 0.05) is 5.41 Å². The highest BCUT2D eigenvalue weighted by Crippen LogP contribution is 2.39. The molecule has 1 aromatic rings. The molecule has 1 fully saturated rings. The Labute approximate surface area is 129 Å². The largest absolute Gasteiger partial charge is 0.492 e. The third-order valence-electron chi connectivity index (χ3n) is 4.23. The lowest BCUT2D eigenvalue weighted by Crippen LogP contribution is -2.30. The fraction of sp³-hybridized carbons (Fsp3) is 0.625. The lowest BCUT2D eigenvalue weighted by Gasteiger charge is -2.31. The van der Waals surface area contributed by atoms with E-state index in [1.165, 1.54) is 25.0 Å². The molecule has 0 saturated heterocycles. The molecule has 0 atom stereocenters. The Kier molecular flexibility index (Phi) is 5.47. The summed E-state index contributed by atoms with van der Waals surface area (Å²) in [4.78, 5) is 0. The van der Waals surface area contributed by atoms with Crippen molar-refractivity contribution >= 4 is 12.6 Å². The minimum atomic E-state index is -4.38. The van der Waals surface area contributed by atoms with Gasteiger partial charge in [0.25, 0.3) is 0 Å². The second kappa shape index (κ2) is 6.95. The molecule has 1 aliphatic carbocycles. The molecule has 2 rings (SSSR count). The quantitative estimate of drug-likeness (QED) is 0.581. The van der Waals surface area contributed by atoms with Gasteiger partial charge >= 0.3 is 6.18 Å². The zero-order valence-corrected chi connectivity index (χ0v) is 12.9. The highest BCUT2D eigenvalue weighted by atomic mass is 32.1. The first kappa shape index (κ1) is 16.5. The Balaban J connectivity index is 2.11. The van der Waals surface area contributed by atoms with Crippen molar-refractivity contribution in [3.63, 3.8) is 0 Å². The van der Waals surface area contributed by atoms with E-state index in [2.05, 4.69) is 12.6 Å². The number of ether oxygens (including phenoxy) is 1. The van der Waals surface area contributed by atoms with Crippen molar-refractivity contribution in [3.05, 3.63) is 29.8 Å². The molecule has 0 aliphatic heterocycles. The van der Waals surface area contributed by atoms with Crippen LogP contribution in [0.15, 0.2) is 24.3 Å². The van der Waals surface area contributed by atoms with E-state index in [1.54, 1.807) is 6.07 Å². The van der Waals surface area contributed by atoms with Gasteiger partial charge in [-0.15, -0.1) is 0 Å². The molecule has 5 heteroatoms. The van der Waals surface area contributed by atoms with Gasteiger partial charge in [0.1, 0.15) is 5.75 Å². The fourth-order valence-electron chi connectivity index (χ4n) is 2.88. The van der Waals surface area contributed by atoms with Gasteiger partial charge < -0.3 is 4.74 Å². The lowest BCUT2D eigenvalue weighted by atomic mass is 9.83. The zero-order chi connectivity index (χ0) is 15.3. The highest BCUT2D eigenvalue weighted by Gasteiger charge is 2.35. The van der Waals surface area contributed by atoms with Crippen LogP contribution in [0.25, 0.3) is 0 Å². The van der Waals surface area contributed by atoms with E-state index in [4.69, 9.17) is 4.74 Å². The van der Waals surface area contributed by atoms with Crippen LogP contribution in [-0.4, -0.2) is 12.4 Å². The average molecular weight is 318 g/mol. The van der Waals surface area contributed by atoms with Crippen molar-refractivity contribution in [1.29, 1.82) is 0 Å². The Morgan fingerprint density at radius 3 is 2.24 bits per heavy atom. The standard InChI is InChI=1S/C16H21F3OS/c17-16(18,19)13-7-3-4-8-14(13)20-11-15(12-21)9-5-1-2-6-10-15/h3-4,7-8,21H,1-2,5-6,9-12H2. The smallest absolute Gasteiger partial charge is 0.419 e. The molecule has 1 saturated carbocycles. The second-order valence-electron chi connectivity index (χ2n) is 5.85. The van der Waals surface area contributed by atoms with Crippen molar-refractivity contribution in [2.24, 2.45) is 5.41 Å². The molecular formula is C16H21F3OS. The highest BCUT2D eigenvalue weighted by molar-refractivity contribution is 7.80. The second-order valence-corrected chi connectivity index (χ2v) is 6.17. The summed E-state index contributed by atoms with van der Waals surface area (Å²) >= 11 is 4.42. The van der Waals surface area contributed by atoms with Gasteiger partial charge in [0.2, 0.25) is 0 Å². The van der Waals surface area contributed by atoms with Gasteiger partial charge in [-0.3, -0.25) is 0 Å². The number of alkyl halides is 3. The first-order valence-electron chi connectivity index (χ1n) is 7.37. The predicted octanol–water partition coefficient (Wildman–Crippen LogP) is 5.35. The number of benzene rings is 1. The molecule has 0 bridgehead atoms. The molecule has 0 radical (unpaired) electrons. The molecule has 0 aromatic heterocycles. The van der Waals surface area contributed by atoms with Crippen LogP contribution in [0.5, 0.6) is 5.75 Å². The van der Waals surface area contributed by atoms with Gasteiger partial charge in [-0.1, -0.05) is 37.8 Å². The van der Waals surface area contributed by atoms with Crippen LogP contribution in [0.3, 0.4) is 0 Å². The van der Waals surface area contributed by atoms with Crippen molar-refractivity contribution in [3.8, 4) is 5.75 Å². The Bertz CT molecular complexity index is 451. The van der Waals surface area contributed by atoms with Crippen LogP contribution in [0.2, 0.25) is 0 Å². The molecule has 0 unspecified atom stereocenters. The van der Waals surface area contributed by atoms with Crippen LogP contribution in [0.1, 0.15) is 44.1 Å². The third-order valence-corrected chi connectivity index (χ3v) is 4.90. The van der Waals surface area contributed by atoms with Crippen molar-refractivity contribution < 1.29 is 17.9 Å².